The van der Waals surface area contributed by atoms with E-state index in [-0.39, 0.29) is 23.7 Å². The maximum Gasteiger partial charge on any atom is 0.573 e. The molecule has 0 saturated carbocycles. The minimum absolute atomic E-state index is 0.123. The Morgan fingerprint density at radius 3 is 2.55 bits per heavy atom. The van der Waals surface area contributed by atoms with E-state index in [1.807, 2.05) is 4.90 Å². The van der Waals surface area contributed by atoms with Crippen molar-refractivity contribution >= 4 is 12.1 Å². The Bertz CT molecular complexity index is 746. The Morgan fingerprint density at radius 2 is 1.97 bits per heavy atom. The Labute approximate surface area is 166 Å². The van der Waals surface area contributed by atoms with Gasteiger partial charge in [-0.3, -0.25) is 4.90 Å². The molecular weight excluding hydrogens is 393 g/mol. The van der Waals surface area contributed by atoms with Gasteiger partial charge in [-0.2, -0.15) is 0 Å². The van der Waals surface area contributed by atoms with Crippen LogP contribution in [-0.4, -0.2) is 53.2 Å². The van der Waals surface area contributed by atoms with E-state index >= 15 is 0 Å². The molecular formula is C19H25F3N2O5. The van der Waals surface area contributed by atoms with Crippen molar-refractivity contribution in [1.29, 1.82) is 0 Å². The van der Waals surface area contributed by atoms with Crippen LogP contribution < -0.4 is 10.1 Å². The molecule has 0 radical (unpaired) electrons. The lowest BCUT2D eigenvalue weighted by Crippen LogP contribution is -2.48. The minimum Gasteiger partial charge on any atom is -0.478 e. The zero-order chi connectivity index (χ0) is 21.8. The second-order valence-corrected chi connectivity index (χ2v) is 7.90. The van der Waals surface area contributed by atoms with E-state index in [0.717, 1.165) is 18.9 Å². The molecule has 1 saturated heterocycles. The third-order valence-corrected chi connectivity index (χ3v) is 4.16. The number of rotatable bonds is 5. The number of likely N-dealkylation sites (tertiary alicyclic amines) is 1. The Hall–Kier alpha value is -2.49. The number of piperidine rings is 1. The fraction of sp³-hybridized carbons (Fsp3) is 0.579. The van der Waals surface area contributed by atoms with Crippen molar-refractivity contribution in [3.05, 3.63) is 29.3 Å². The van der Waals surface area contributed by atoms with Crippen LogP contribution in [-0.2, 0) is 11.3 Å². The summed E-state index contributed by atoms with van der Waals surface area (Å²) in [4.78, 5) is 24.9. The molecule has 1 heterocycles. The van der Waals surface area contributed by atoms with E-state index in [9.17, 15) is 22.8 Å². The zero-order valence-corrected chi connectivity index (χ0v) is 16.5. The average Bonchev–Trinajstić information content (AvgIpc) is 2.53. The topological polar surface area (TPSA) is 88.1 Å². The molecule has 0 unspecified atom stereocenters. The number of alkyl halides is 3. The minimum atomic E-state index is -4.94. The summed E-state index contributed by atoms with van der Waals surface area (Å²) in [6, 6.07) is 3.21. The highest BCUT2D eigenvalue weighted by molar-refractivity contribution is 5.88. The molecule has 2 rings (SSSR count). The first-order valence-corrected chi connectivity index (χ1v) is 9.16. The maximum atomic E-state index is 12.7. The van der Waals surface area contributed by atoms with Gasteiger partial charge in [0.2, 0.25) is 0 Å². The van der Waals surface area contributed by atoms with Gasteiger partial charge in [-0.1, -0.05) is 6.07 Å². The van der Waals surface area contributed by atoms with Crippen LogP contribution in [0.4, 0.5) is 18.0 Å². The van der Waals surface area contributed by atoms with Gasteiger partial charge in [-0.25, -0.2) is 9.59 Å². The number of carboxylic acid groups (broad SMARTS) is 1. The summed E-state index contributed by atoms with van der Waals surface area (Å²) in [5, 5.41) is 11.8. The summed E-state index contributed by atoms with van der Waals surface area (Å²) in [7, 11) is 0. The first-order chi connectivity index (χ1) is 13.3. The molecule has 1 aliphatic heterocycles. The van der Waals surface area contributed by atoms with E-state index in [1.165, 1.54) is 12.1 Å². The summed E-state index contributed by atoms with van der Waals surface area (Å²) < 4.78 is 47.5. The highest BCUT2D eigenvalue weighted by atomic mass is 19.4. The largest absolute Gasteiger partial charge is 0.573 e. The quantitative estimate of drug-likeness (QED) is 0.757. The number of carboxylic acids is 1. The molecule has 0 spiro atoms. The Kier molecular flexibility index (Phi) is 6.99. The van der Waals surface area contributed by atoms with Crippen molar-refractivity contribution < 1.29 is 37.3 Å². The van der Waals surface area contributed by atoms with Gasteiger partial charge in [0.1, 0.15) is 11.4 Å². The molecule has 1 amide bonds. The smallest absolute Gasteiger partial charge is 0.478 e. The Morgan fingerprint density at radius 1 is 1.28 bits per heavy atom. The number of hydrogen-bond donors (Lipinski definition) is 2. The molecule has 0 aromatic heterocycles. The van der Waals surface area contributed by atoms with Crippen molar-refractivity contribution in [2.75, 3.05) is 13.1 Å². The number of halogens is 3. The number of ether oxygens (including phenoxy) is 2. The standard InChI is InChI=1S/C19H25F3N2O5/c1-18(2,3)29-17(27)23-14-5-4-8-24(11-14)10-13-7-6-12(16(25)26)9-15(13)28-19(20,21)22/h6-7,9,14H,4-5,8,10-11H2,1-3H3,(H,23,27)(H,25,26)/t14-/m1/s1. The molecule has 1 aromatic rings. The number of alkyl carbamates (subject to hydrolysis) is 1. The predicted molar refractivity (Wildman–Crippen MR) is 97.8 cm³/mol. The number of hydrogen-bond acceptors (Lipinski definition) is 5. The van der Waals surface area contributed by atoms with Crippen molar-refractivity contribution in [3.8, 4) is 5.75 Å². The van der Waals surface area contributed by atoms with Gasteiger partial charge >= 0.3 is 18.4 Å². The normalized spacial score (nSPS) is 18.2. The van der Waals surface area contributed by atoms with E-state index < -0.39 is 29.8 Å². The third kappa shape index (κ3) is 7.80. The number of carbonyl (C=O) groups is 2. The van der Waals surface area contributed by atoms with Crippen LogP contribution >= 0.6 is 0 Å². The number of amides is 1. The molecule has 1 fully saturated rings. The Balaban J connectivity index is 2.08. The highest BCUT2D eigenvalue weighted by Gasteiger charge is 2.33. The number of nitrogens with one attached hydrogen (secondary N) is 1. The lowest BCUT2D eigenvalue weighted by Gasteiger charge is -2.34. The van der Waals surface area contributed by atoms with Gasteiger partial charge in [-0.05, 0) is 52.3 Å². The molecule has 29 heavy (non-hydrogen) atoms. The second kappa shape index (κ2) is 8.89. The number of aromatic carboxylic acids is 1. The van der Waals surface area contributed by atoms with Gasteiger partial charge in [0.05, 0.1) is 5.56 Å². The van der Waals surface area contributed by atoms with Crippen LogP contribution in [0.5, 0.6) is 5.75 Å². The summed E-state index contributed by atoms with van der Waals surface area (Å²) in [5.74, 6) is -1.89. The molecule has 7 nitrogen and oxygen atoms in total. The molecule has 162 valence electrons. The summed E-state index contributed by atoms with van der Waals surface area (Å²) in [6.45, 7) is 6.43. The third-order valence-electron chi connectivity index (χ3n) is 4.16. The van der Waals surface area contributed by atoms with Crippen LogP contribution in [0.25, 0.3) is 0 Å². The molecule has 2 N–H and O–H groups in total. The van der Waals surface area contributed by atoms with Crippen molar-refractivity contribution in [2.24, 2.45) is 0 Å². The lowest BCUT2D eigenvalue weighted by atomic mass is 10.0. The van der Waals surface area contributed by atoms with E-state index in [2.05, 4.69) is 10.1 Å². The number of carbonyl (C=O) groups excluding carboxylic acids is 1. The molecule has 1 aliphatic rings. The van der Waals surface area contributed by atoms with Gasteiger partial charge < -0.3 is 19.9 Å². The van der Waals surface area contributed by atoms with Crippen molar-refractivity contribution in [3.63, 3.8) is 0 Å². The van der Waals surface area contributed by atoms with Crippen LogP contribution in [0.3, 0.4) is 0 Å². The van der Waals surface area contributed by atoms with Crippen LogP contribution in [0.2, 0.25) is 0 Å². The second-order valence-electron chi connectivity index (χ2n) is 7.90. The molecule has 1 atom stereocenters. The fourth-order valence-electron chi connectivity index (χ4n) is 3.07. The molecule has 0 aliphatic carbocycles. The fourth-order valence-corrected chi connectivity index (χ4v) is 3.07. The van der Waals surface area contributed by atoms with Gasteiger partial charge in [-0.15, -0.1) is 13.2 Å². The molecule has 10 heteroatoms. The van der Waals surface area contributed by atoms with E-state index in [1.54, 1.807) is 20.8 Å². The SMILES string of the molecule is CC(C)(C)OC(=O)N[C@@H]1CCCN(Cc2ccc(C(=O)O)cc2OC(F)(F)F)C1. The van der Waals surface area contributed by atoms with Gasteiger partial charge in [0.15, 0.2) is 0 Å². The molecule has 1 aromatic carbocycles. The van der Waals surface area contributed by atoms with Crippen molar-refractivity contribution in [1.82, 2.24) is 10.2 Å². The predicted octanol–water partition coefficient (Wildman–Crippen LogP) is 3.77. The zero-order valence-electron chi connectivity index (χ0n) is 16.5. The van der Waals surface area contributed by atoms with Crippen LogP contribution in [0.15, 0.2) is 18.2 Å². The van der Waals surface area contributed by atoms with Gasteiger partial charge in [0.25, 0.3) is 0 Å². The highest BCUT2D eigenvalue weighted by Crippen LogP contribution is 2.29. The first kappa shape index (κ1) is 22.8. The molecule has 0 bridgehead atoms. The van der Waals surface area contributed by atoms with Crippen molar-refractivity contribution in [2.45, 2.75) is 58.2 Å². The van der Waals surface area contributed by atoms with Crippen LogP contribution in [0.1, 0.15) is 49.5 Å². The van der Waals surface area contributed by atoms with E-state index in [0.29, 0.717) is 13.1 Å². The van der Waals surface area contributed by atoms with E-state index in [4.69, 9.17) is 9.84 Å². The van der Waals surface area contributed by atoms with Crippen LogP contribution in [0, 0.1) is 0 Å². The lowest BCUT2D eigenvalue weighted by molar-refractivity contribution is -0.275. The maximum absolute atomic E-state index is 12.7. The first-order valence-electron chi connectivity index (χ1n) is 9.16. The van der Waals surface area contributed by atoms with Gasteiger partial charge in [0, 0.05) is 24.7 Å². The number of nitrogens with zero attached hydrogens (tertiary/aromatic N) is 1. The number of benzene rings is 1. The average molecular weight is 418 g/mol. The summed E-state index contributed by atoms with van der Waals surface area (Å²) in [5.41, 5.74) is -0.713. The summed E-state index contributed by atoms with van der Waals surface area (Å²) in [6.07, 6.45) is -4.02. The summed E-state index contributed by atoms with van der Waals surface area (Å²) >= 11 is 0. The monoisotopic (exact) mass is 418 g/mol.